The van der Waals surface area contributed by atoms with Crippen LogP contribution in [0.25, 0.3) is 0 Å². The molecule has 70 valence electrons. The van der Waals surface area contributed by atoms with Gasteiger partial charge in [-0.2, -0.15) is 0 Å². The van der Waals surface area contributed by atoms with Crippen molar-refractivity contribution in [2.75, 3.05) is 0 Å². The summed E-state index contributed by atoms with van der Waals surface area (Å²) in [4.78, 5) is 13.7. The zero-order valence-electron chi connectivity index (χ0n) is 7.39. The number of aliphatic hydroxyl groups is 1. The highest BCUT2D eigenvalue weighted by atomic mass is 16.6. The second-order valence-electron chi connectivity index (χ2n) is 3.19. The molecule has 0 saturated heterocycles. The van der Waals surface area contributed by atoms with E-state index in [-0.39, 0.29) is 11.4 Å². The van der Waals surface area contributed by atoms with Gasteiger partial charge in [-0.3, -0.25) is 15.1 Å². The monoisotopic (exact) mass is 182 g/mol. The average molecular weight is 182 g/mol. The van der Waals surface area contributed by atoms with E-state index in [0.29, 0.717) is 0 Å². The fourth-order valence-electron chi connectivity index (χ4n) is 1.02. The normalized spacial score (nSPS) is 11.3. The van der Waals surface area contributed by atoms with Crippen molar-refractivity contribution in [3.8, 4) is 0 Å². The number of hydrogen-bond acceptors (Lipinski definition) is 4. The van der Waals surface area contributed by atoms with Gasteiger partial charge < -0.3 is 5.11 Å². The summed E-state index contributed by atoms with van der Waals surface area (Å²) in [6, 6.07) is 2.79. The summed E-state index contributed by atoms with van der Waals surface area (Å²) >= 11 is 0. The molecule has 0 radical (unpaired) electrons. The number of nitrogens with zero attached hydrogens (tertiary/aromatic N) is 2. The van der Waals surface area contributed by atoms with Crippen molar-refractivity contribution in [2.24, 2.45) is 0 Å². The Hall–Kier alpha value is -1.49. The zero-order chi connectivity index (χ0) is 10.1. The Labute approximate surface area is 75.2 Å². The van der Waals surface area contributed by atoms with Crippen LogP contribution in [0.5, 0.6) is 0 Å². The number of rotatable bonds is 2. The Morgan fingerprint density at radius 1 is 1.62 bits per heavy atom. The summed E-state index contributed by atoms with van der Waals surface area (Å²) < 4.78 is 0. The van der Waals surface area contributed by atoms with Crippen LogP contribution in [0.1, 0.15) is 19.5 Å². The lowest BCUT2D eigenvalue weighted by molar-refractivity contribution is -0.387. The van der Waals surface area contributed by atoms with E-state index in [1.807, 2.05) is 0 Å². The molecule has 5 heteroatoms. The molecule has 13 heavy (non-hydrogen) atoms. The topological polar surface area (TPSA) is 76.3 Å². The van der Waals surface area contributed by atoms with Gasteiger partial charge in [0, 0.05) is 12.3 Å². The van der Waals surface area contributed by atoms with Crippen LogP contribution in [0.15, 0.2) is 18.3 Å². The van der Waals surface area contributed by atoms with E-state index in [4.69, 9.17) is 0 Å². The van der Waals surface area contributed by atoms with Gasteiger partial charge in [0.1, 0.15) is 11.3 Å². The van der Waals surface area contributed by atoms with Crippen LogP contribution in [-0.2, 0) is 5.60 Å². The lowest BCUT2D eigenvalue weighted by Crippen LogP contribution is -2.19. The number of nitro groups is 1. The SMILES string of the molecule is CC(C)(O)c1ncccc1[N+](=O)[O-]. The second kappa shape index (κ2) is 3.10. The molecule has 0 fully saturated rings. The summed E-state index contributed by atoms with van der Waals surface area (Å²) in [5.41, 5.74) is -1.36. The molecule has 1 aromatic rings. The molecule has 0 aromatic carbocycles. The van der Waals surface area contributed by atoms with Crippen molar-refractivity contribution in [2.45, 2.75) is 19.4 Å². The predicted molar refractivity (Wildman–Crippen MR) is 46.1 cm³/mol. The molecule has 1 N–H and O–H groups in total. The molecule has 0 atom stereocenters. The van der Waals surface area contributed by atoms with Gasteiger partial charge in [0.2, 0.25) is 0 Å². The van der Waals surface area contributed by atoms with Crippen molar-refractivity contribution >= 4 is 5.69 Å². The van der Waals surface area contributed by atoms with Crippen LogP contribution in [0.2, 0.25) is 0 Å². The molecule has 0 unspecified atom stereocenters. The molecule has 1 heterocycles. The van der Waals surface area contributed by atoms with E-state index in [2.05, 4.69) is 4.98 Å². The highest BCUT2D eigenvalue weighted by Gasteiger charge is 2.27. The van der Waals surface area contributed by atoms with Crippen LogP contribution in [0.3, 0.4) is 0 Å². The highest BCUT2D eigenvalue weighted by molar-refractivity contribution is 5.37. The smallest absolute Gasteiger partial charge is 0.293 e. The molecule has 0 aliphatic rings. The maximum Gasteiger partial charge on any atom is 0.293 e. The van der Waals surface area contributed by atoms with Crippen LogP contribution in [0, 0.1) is 10.1 Å². The Bertz CT molecular complexity index is 330. The minimum Gasteiger partial charge on any atom is -0.384 e. The Kier molecular flexibility index (Phi) is 2.29. The fourth-order valence-corrected chi connectivity index (χ4v) is 1.02. The average Bonchev–Trinajstić information content (AvgIpc) is 2.03. The summed E-state index contributed by atoms with van der Waals surface area (Å²) in [5, 5.41) is 20.1. The zero-order valence-corrected chi connectivity index (χ0v) is 7.39. The fraction of sp³-hybridized carbons (Fsp3) is 0.375. The maximum absolute atomic E-state index is 10.5. The quantitative estimate of drug-likeness (QED) is 0.551. The maximum atomic E-state index is 10.5. The van der Waals surface area contributed by atoms with Gasteiger partial charge in [-0.25, -0.2) is 0 Å². The molecule has 0 spiro atoms. The van der Waals surface area contributed by atoms with Crippen molar-refractivity contribution in [3.63, 3.8) is 0 Å². The summed E-state index contributed by atoms with van der Waals surface area (Å²) in [7, 11) is 0. The predicted octanol–water partition coefficient (Wildman–Crippen LogP) is 1.22. The lowest BCUT2D eigenvalue weighted by Gasteiger charge is -2.15. The highest BCUT2D eigenvalue weighted by Crippen LogP contribution is 2.26. The molecule has 0 amide bonds. The van der Waals surface area contributed by atoms with E-state index >= 15 is 0 Å². The Balaban J connectivity index is 3.28. The molecule has 1 rings (SSSR count). The van der Waals surface area contributed by atoms with Crippen LogP contribution < -0.4 is 0 Å². The third-order valence-corrected chi connectivity index (χ3v) is 1.56. The first-order valence-electron chi connectivity index (χ1n) is 3.75. The molecule has 0 aliphatic carbocycles. The molecule has 0 saturated carbocycles. The minimum absolute atomic E-state index is 0.0833. The molecule has 5 nitrogen and oxygen atoms in total. The van der Waals surface area contributed by atoms with Crippen molar-refractivity contribution < 1.29 is 10.0 Å². The first-order valence-corrected chi connectivity index (χ1v) is 3.75. The Morgan fingerprint density at radius 3 is 2.62 bits per heavy atom. The minimum atomic E-state index is -1.29. The van der Waals surface area contributed by atoms with E-state index in [9.17, 15) is 15.2 Å². The van der Waals surface area contributed by atoms with Crippen molar-refractivity contribution in [1.82, 2.24) is 4.98 Å². The number of pyridine rings is 1. The molecular weight excluding hydrogens is 172 g/mol. The van der Waals surface area contributed by atoms with Crippen LogP contribution in [-0.4, -0.2) is 15.0 Å². The van der Waals surface area contributed by atoms with Gasteiger partial charge in [0.15, 0.2) is 0 Å². The summed E-state index contributed by atoms with van der Waals surface area (Å²) in [6.07, 6.45) is 1.42. The molecule has 1 aromatic heterocycles. The standard InChI is InChI=1S/C8H10N2O3/c1-8(2,11)7-6(10(12)13)4-3-5-9-7/h3-5,11H,1-2H3. The Morgan fingerprint density at radius 2 is 2.23 bits per heavy atom. The third kappa shape index (κ3) is 2.00. The number of hydrogen-bond donors (Lipinski definition) is 1. The lowest BCUT2D eigenvalue weighted by atomic mass is 10.0. The summed E-state index contributed by atoms with van der Waals surface area (Å²) in [6.45, 7) is 2.92. The van der Waals surface area contributed by atoms with E-state index in [1.165, 1.54) is 32.2 Å². The first-order chi connectivity index (χ1) is 5.93. The van der Waals surface area contributed by atoms with Gasteiger partial charge in [-0.05, 0) is 19.9 Å². The van der Waals surface area contributed by atoms with Crippen LogP contribution >= 0.6 is 0 Å². The van der Waals surface area contributed by atoms with Gasteiger partial charge in [-0.15, -0.1) is 0 Å². The first kappa shape index (κ1) is 9.60. The van der Waals surface area contributed by atoms with Crippen molar-refractivity contribution in [3.05, 3.63) is 34.1 Å². The molecular formula is C8H10N2O3. The molecule has 0 aliphatic heterocycles. The van der Waals surface area contributed by atoms with E-state index < -0.39 is 10.5 Å². The van der Waals surface area contributed by atoms with Gasteiger partial charge in [-0.1, -0.05) is 0 Å². The van der Waals surface area contributed by atoms with E-state index in [0.717, 1.165) is 0 Å². The van der Waals surface area contributed by atoms with E-state index in [1.54, 1.807) is 0 Å². The van der Waals surface area contributed by atoms with Gasteiger partial charge in [0.05, 0.1) is 4.92 Å². The molecule has 0 bridgehead atoms. The van der Waals surface area contributed by atoms with Crippen LogP contribution in [0.4, 0.5) is 5.69 Å². The van der Waals surface area contributed by atoms with Gasteiger partial charge >= 0.3 is 0 Å². The van der Waals surface area contributed by atoms with Gasteiger partial charge in [0.25, 0.3) is 5.69 Å². The third-order valence-electron chi connectivity index (χ3n) is 1.56. The van der Waals surface area contributed by atoms with Crippen molar-refractivity contribution in [1.29, 1.82) is 0 Å². The largest absolute Gasteiger partial charge is 0.384 e. The number of aromatic nitrogens is 1. The summed E-state index contributed by atoms with van der Waals surface area (Å²) in [5.74, 6) is 0. The second-order valence-corrected chi connectivity index (χ2v) is 3.19.